The SMILES string of the molecule is CCc1c(Oc2ccccc2)c[nH]c1-c1cccc(C(F)F)n1. The normalized spacial score (nSPS) is 11.0. The van der Waals surface area contributed by atoms with Crippen molar-refractivity contribution in [2.45, 2.75) is 19.8 Å². The van der Waals surface area contributed by atoms with E-state index in [1.54, 1.807) is 18.3 Å². The first-order valence-electron chi connectivity index (χ1n) is 7.37. The van der Waals surface area contributed by atoms with E-state index in [1.165, 1.54) is 6.07 Å². The smallest absolute Gasteiger partial charge is 0.280 e. The third-order valence-electron chi connectivity index (χ3n) is 3.52. The molecule has 0 fully saturated rings. The Morgan fingerprint density at radius 2 is 1.87 bits per heavy atom. The Bertz CT molecular complexity index is 785. The lowest BCUT2D eigenvalue weighted by Crippen LogP contribution is -1.95. The van der Waals surface area contributed by atoms with E-state index >= 15 is 0 Å². The number of para-hydroxylation sites is 1. The van der Waals surface area contributed by atoms with Crippen molar-refractivity contribution < 1.29 is 13.5 Å². The van der Waals surface area contributed by atoms with Crippen molar-refractivity contribution >= 4 is 0 Å². The molecule has 0 unspecified atom stereocenters. The average molecular weight is 314 g/mol. The summed E-state index contributed by atoms with van der Waals surface area (Å²) in [5.41, 5.74) is 1.88. The highest BCUT2D eigenvalue weighted by atomic mass is 19.3. The third kappa shape index (κ3) is 3.23. The second kappa shape index (κ2) is 6.60. The van der Waals surface area contributed by atoms with Crippen molar-refractivity contribution in [3.63, 3.8) is 0 Å². The zero-order valence-electron chi connectivity index (χ0n) is 12.6. The van der Waals surface area contributed by atoms with E-state index in [2.05, 4.69) is 9.97 Å². The third-order valence-corrected chi connectivity index (χ3v) is 3.52. The molecular formula is C18H16F2N2O. The maximum atomic E-state index is 12.8. The number of nitrogens with one attached hydrogen (secondary N) is 1. The predicted molar refractivity (Wildman–Crippen MR) is 84.9 cm³/mol. The zero-order chi connectivity index (χ0) is 16.2. The molecule has 3 rings (SSSR count). The van der Waals surface area contributed by atoms with Gasteiger partial charge >= 0.3 is 0 Å². The number of hydrogen-bond donors (Lipinski definition) is 1. The molecule has 2 heterocycles. The van der Waals surface area contributed by atoms with Crippen molar-refractivity contribution in [1.82, 2.24) is 9.97 Å². The summed E-state index contributed by atoms with van der Waals surface area (Å²) in [7, 11) is 0. The van der Waals surface area contributed by atoms with Crippen LogP contribution in [0.5, 0.6) is 11.5 Å². The quantitative estimate of drug-likeness (QED) is 0.687. The fourth-order valence-corrected chi connectivity index (χ4v) is 2.43. The van der Waals surface area contributed by atoms with E-state index in [0.717, 1.165) is 11.3 Å². The molecule has 1 aromatic carbocycles. The molecule has 0 bridgehead atoms. The number of ether oxygens (including phenoxy) is 1. The Morgan fingerprint density at radius 3 is 2.57 bits per heavy atom. The molecule has 0 aliphatic heterocycles. The Hall–Kier alpha value is -2.69. The van der Waals surface area contributed by atoms with Crippen LogP contribution in [0.2, 0.25) is 0 Å². The van der Waals surface area contributed by atoms with Gasteiger partial charge in [-0.1, -0.05) is 31.2 Å². The van der Waals surface area contributed by atoms with Gasteiger partial charge in [0.15, 0.2) is 0 Å². The van der Waals surface area contributed by atoms with E-state index in [0.29, 0.717) is 23.6 Å². The molecule has 5 heteroatoms. The van der Waals surface area contributed by atoms with Gasteiger partial charge in [-0.3, -0.25) is 0 Å². The van der Waals surface area contributed by atoms with Crippen LogP contribution < -0.4 is 4.74 Å². The fraction of sp³-hybridized carbons (Fsp3) is 0.167. The number of rotatable bonds is 5. The van der Waals surface area contributed by atoms with E-state index < -0.39 is 6.43 Å². The summed E-state index contributed by atoms with van der Waals surface area (Å²) in [6, 6.07) is 14.0. The minimum atomic E-state index is -2.59. The Kier molecular flexibility index (Phi) is 4.37. The van der Waals surface area contributed by atoms with E-state index in [4.69, 9.17) is 4.74 Å². The van der Waals surface area contributed by atoms with Gasteiger partial charge in [-0.05, 0) is 30.7 Å². The Balaban J connectivity index is 1.96. The topological polar surface area (TPSA) is 37.9 Å². The molecule has 3 aromatic rings. The lowest BCUT2D eigenvalue weighted by Gasteiger charge is -2.08. The highest BCUT2D eigenvalue weighted by Crippen LogP contribution is 2.33. The average Bonchev–Trinajstić information content (AvgIpc) is 2.98. The molecule has 2 aromatic heterocycles. The first-order chi connectivity index (χ1) is 11.2. The Morgan fingerprint density at radius 1 is 1.09 bits per heavy atom. The number of hydrogen-bond acceptors (Lipinski definition) is 2. The van der Waals surface area contributed by atoms with E-state index in [1.807, 2.05) is 37.3 Å². The molecule has 0 spiro atoms. The Labute approximate surface area is 133 Å². The van der Waals surface area contributed by atoms with Crippen LogP contribution in [-0.4, -0.2) is 9.97 Å². The largest absolute Gasteiger partial charge is 0.455 e. The standard InChI is InChI=1S/C18H16F2N2O/c1-2-13-16(23-12-7-4-3-5-8-12)11-21-17(13)14-9-6-10-15(22-14)18(19)20/h3-11,18,21H,2H2,1H3. The second-order valence-electron chi connectivity index (χ2n) is 5.02. The summed E-state index contributed by atoms with van der Waals surface area (Å²) in [5, 5.41) is 0. The van der Waals surface area contributed by atoms with Gasteiger partial charge in [-0.25, -0.2) is 13.8 Å². The molecule has 0 radical (unpaired) electrons. The van der Waals surface area contributed by atoms with Gasteiger partial charge in [0.25, 0.3) is 6.43 Å². The lowest BCUT2D eigenvalue weighted by molar-refractivity contribution is 0.146. The van der Waals surface area contributed by atoms with Crippen LogP contribution in [0.4, 0.5) is 8.78 Å². The van der Waals surface area contributed by atoms with Gasteiger partial charge in [-0.2, -0.15) is 0 Å². The number of alkyl halides is 2. The van der Waals surface area contributed by atoms with E-state index in [-0.39, 0.29) is 5.69 Å². The van der Waals surface area contributed by atoms with Gasteiger partial charge in [-0.15, -0.1) is 0 Å². The second-order valence-corrected chi connectivity index (χ2v) is 5.02. The van der Waals surface area contributed by atoms with Gasteiger partial charge in [0.05, 0.1) is 11.4 Å². The summed E-state index contributed by atoms with van der Waals surface area (Å²) in [6.45, 7) is 1.99. The minimum absolute atomic E-state index is 0.232. The highest BCUT2D eigenvalue weighted by molar-refractivity contribution is 5.64. The van der Waals surface area contributed by atoms with Crippen molar-refractivity contribution in [2.24, 2.45) is 0 Å². The number of aromatic nitrogens is 2. The van der Waals surface area contributed by atoms with Crippen LogP contribution in [0.25, 0.3) is 11.4 Å². The fourth-order valence-electron chi connectivity index (χ4n) is 2.43. The van der Waals surface area contributed by atoms with Crippen LogP contribution >= 0.6 is 0 Å². The molecule has 118 valence electrons. The first-order valence-corrected chi connectivity index (χ1v) is 7.37. The number of pyridine rings is 1. The maximum absolute atomic E-state index is 12.8. The van der Waals surface area contributed by atoms with Crippen LogP contribution in [-0.2, 0) is 6.42 Å². The number of benzene rings is 1. The summed E-state index contributed by atoms with van der Waals surface area (Å²) in [6.07, 6.45) is -0.158. The molecule has 1 N–H and O–H groups in total. The summed E-state index contributed by atoms with van der Waals surface area (Å²) >= 11 is 0. The molecule has 3 nitrogen and oxygen atoms in total. The number of halogens is 2. The number of H-pyrrole nitrogens is 1. The minimum Gasteiger partial charge on any atom is -0.455 e. The predicted octanol–water partition coefficient (Wildman–Crippen LogP) is 5.37. The summed E-state index contributed by atoms with van der Waals surface area (Å²) < 4.78 is 31.6. The molecule has 0 aliphatic carbocycles. The molecule has 0 saturated heterocycles. The van der Waals surface area contributed by atoms with Gasteiger partial charge < -0.3 is 9.72 Å². The maximum Gasteiger partial charge on any atom is 0.280 e. The van der Waals surface area contributed by atoms with Crippen LogP contribution in [0.15, 0.2) is 54.7 Å². The van der Waals surface area contributed by atoms with Crippen molar-refractivity contribution in [3.8, 4) is 22.9 Å². The highest BCUT2D eigenvalue weighted by Gasteiger charge is 2.16. The van der Waals surface area contributed by atoms with Crippen molar-refractivity contribution in [1.29, 1.82) is 0 Å². The van der Waals surface area contributed by atoms with Crippen LogP contribution in [0.1, 0.15) is 24.6 Å². The molecule has 0 aliphatic rings. The molecular weight excluding hydrogens is 298 g/mol. The van der Waals surface area contributed by atoms with Crippen molar-refractivity contribution in [3.05, 3.63) is 66.0 Å². The number of aromatic amines is 1. The molecule has 23 heavy (non-hydrogen) atoms. The number of nitrogens with zero attached hydrogens (tertiary/aromatic N) is 1. The van der Waals surface area contributed by atoms with Gasteiger partial charge in [0, 0.05) is 11.8 Å². The molecule has 0 saturated carbocycles. The van der Waals surface area contributed by atoms with Crippen molar-refractivity contribution in [2.75, 3.05) is 0 Å². The monoisotopic (exact) mass is 314 g/mol. The zero-order valence-corrected chi connectivity index (χ0v) is 12.6. The molecule has 0 amide bonds. The first kappa shape index (κ1) is 15.2. The van der Waals surface area contributed by atoms with Gasteiger partial charge in [0.1, 0.15) is 17.2 Å². The summed E-state index contributed by atoms with van der Waals surface area (Å²) in [4.78, 5) is 7.13. The lowest BCUT2D eigenvalue weighted by atomic mass is 10.1. The van der Waals surface area contributed by atoms with Gasteiger partial charge in [0.2, 0.25) is 0 Å². The summed E-state index contributed by atoms with van der Waals surface area (Å²) in [5.74, 6) is 1.40. The van der Waals surface area contributed by atoms with E-state index in [9.17, 15) is 8.78 Å². The van der Waals surface area contributed by atoms with Crippen LogP contribution in [0.3, 0.4) is 0 Å². The molecule has 0 atom stereocenters. The van der Waals surface area contributed by atoms with Crippen LogP contribution in [0, 0.1) is 0 Å².